The Hall–Kier alpha value is -4.13. The highest BCUT2D eigenvalue weighted by atomic mass is 35.5. The van der Waals surface area contributed by atoms with Crippen LogP contribution in [0.3, 0.4) is 0 Å². The summed E-state index contributed by atoms with van der Waals surface area (Å²) in [5, 5.41) is 12.3. The summed E-state index contributed by atoms with van der Waals surface area (Å²) in [6.45, 7) is 6.57. The summed E-state index contributed by atoms with van der Waals surface area (Å²) in [5.41, 5.74) is 9.35. The summed E-state index contributed by atoms with van der Waals surface area (Å²) in [6, 6.07) is 16.3. The van der Waals surface area contributed by atoms with E-state index in [9.17, 15) is 9.59 Å². The predicted molar refractivity (Wildman–Crippen MR) is 156 cm³/mol. The van der Waals surface area contributed by atoms with Crippen molar-refractivity contribution in [3.8, 4) is 23.1 Å². The normalized spacial score (nSPS) is 14.9. The first kappa shape index (κ1) is 28.9. The number of piperazine rings is 1. The minimum absolute atomic E-state index is 0.0286. The zero-order valence-corrected chi connectivity index (χ0v) is 23.4. The minimum Gasteiger partial charge on any atom is -0.478 e. The Morgan fingerprint density at radius 2 is 2.00 bits per heavy atom. The fourth-order valence-corrected chi connectivity index (χ4v) is 5.18. The van der Waals surface area contributed by atoms with E-state index in [1.165, 1.54) is 6.07 Å². The Labute approximate surface area is 239 Å². The van der Waals surface area contributed by atoms with Crippen LogP contribution in [0.15, 0.2) is 54.7 Å². The average Bonchev–Trinajstić information content (AvgIpc) is 2.99. The number of aromatic nitrogens is 1. The molecule has 1 aromatic heterocycles. The molecule has 2 heterocycles. The Bertz CT molecular complexity index is 1420. The van der Waals surface area contributed by atoms with E-state index in [0.717, 1.165) is 23.2 Å². The van der Waals surface area contributed by atoms with Crippen molar-refractivity contribution >= 4 is 29.1 Å². The lowest BCUT2D eigenvalue weighted by Crippen LogP contribution is -2.55. The second-order valence-electron chi connectivity index (χ2n) is 9.38. The van der Waals surface area contributed by atoms with E-state index in [0.29, 0.717) is 61.9 Å². The topological polar surface area (TPSA) is 125 Å². The van der Waals surface area contributed by atoms with Gasteiger partial charge in [0.1, 0.15) is 0 Å². The van der Waals surface area contributed by atoms with E-state index in [2.05, 4.69) is 22.1 Å². The summed E-state index contributed by atoms with van der Waals surface area (Å²) in [4.78, 5) is 35.0. The van der Waals surface area contributed by atoms with Crippen molar-refractivity contribution in [2.24, 2.45) is 5.73 Å². The van der Waals surface area contributed by atoms with Crippen molar-refractivity contribution in [3.05, 3.63) is 76.4 Å². The van der Waals surface area contributed by atoms with Crippen LogP contribution in [0.4, 0.5) is 5.69 Å². The molecule has 1 fully saturated rings. The van der Waals surface area contributed by atoms with E-state index in [1.54, 1.807) is 23.2 Å². The lowest BCUT2D eigenvalue weighted by atomic mass is 9.99. The van der Waals surface area contributed by atoms with Crippen LogP contribution in [0.5, 0.6) is 5.88 Å². The van der Waals surface area contributed by atoms with Gasteiger partial charge in [0.05, 0.1) is 34.4 Å². The minimum atomic E-state index is -0.220. The molecule has 0 saturated carbocycles. The summed E-state index contributed by atoms with van der Waals surface area (Å²) in [5.74, 6) is 0.108. The van der Waals surface area contributed by atoms with Gasteiger partial charge in [0, 0.05) is 56.2 Å². The highest BCUT2D eigenvalue weighted by molar-refractivity contribution is 6.34. The number of benzene rings is 2. The fourth-order valence-electron chi connectivity index (χ4n) is 4.91. The van der Waals surface area contributed by atoms with Gasteiger partial charge in [-0.25, -0.2) is 4.98 Å². The molecule has 2 amide bonds. The number of hydrogen-bond donors (Lipinski definition) is 2. The molecule has 3 N–H and O–H groups in total. The van der Waals surface area contributed by atoms with Crippen LogP contribution >= 0.6 is 11.6 Å². The molecule has 40 heavy (non-hydrogen) atoms. The van der Waals surface area contributed by atoms with Crippen molar-refractivity contribution in [3.63, 3.8) is 0 Å². The molecule has 10 heteroatoms. The molecule has 0 radical (unpaired) electrons. The van der Waals surface area contributed by atoms with Crippen LogP contribution in [0.25, 0.3) is 11.1 Å². The summed E-state index contributed by atoms with van der Waals surface area (Å²) in [7, 11) is 0. The van der Waals surface area contributed by atoms with Crippen LogP contribution in [-0.2, 0) is 0 Å². The standard InChI is InChI=1S/C30H33ClN6O3/c1-3-22-19-36(30(39)24-9-7-20(18-33)16-26(24)31)14-15-37(22)27-10-8-21(17-25(27)28(38)34-13-11-32)23-6-5-12-35-29(23)40-4-2/h5-10,12,16-17,22H,3-4,11,13-15,19,32H2,1-2H3,(H,34,38)/t22-/m1/s1. The molecule has 208 valence electrons. The Balaban J connectivity index is 1.65. The van der Waals surface area contributed by atoms with Gasteiger partial charge < -0.3 is 25.6 Å². The number of nitrogens with zero attached hydrogens (tertiary/aromatic N) is 4. The molecule has 0 bridgehead atoms. The molecule has 0 aliphatic carbocycles. The van der Waals surface area contributed by atoms with Gasteiger partial charge in [-0.3, -0.25) is 9.59 Å². The zero-order valence-electron chi connectivity index (χ0n) is 22.7. The van der Waals surface area contributed by atoms with Crippen molar-refractivity contribution in [2.75, 3.05) is 44.2 Å². The number of nitrogens with one attached hydrogen (secondary N) is 1. The number of carbonyl (C=O) groups excluding carboxylic acids is 2. The van der Waals surface area contributed by atoms with Crippen molar-refractivity contribution in [1.29, 1.82) is 5.26 Å². The zero-order chi connectivity index (χ0) is 28.6. The fraction of sp³-hybridized carbons (Fsp3) is 0.333. The number of anilines is 1. The molecule has 1 atom stereocenters. The van der Waals surface area contributed by atoms with E-state index in [1.807, 2.05) is 43.3 Å². The summed E-state index contributed by atoms with van der Waals surface area (Å²) in [6.07, 6.45) is 2.43. The van der Waals surface area contributed by atoms with Gasteiger partial charge in [0.2, 0.25) is 5.88 Å². The van der Waals surface area contributed by atoms with Gasteiger partial charge in [-0.05, 0) is 61.4 Å². The van der Waals surface area contributed by atoms with E-state index in [4.69, 9.17) is 27.3 Å². The number of halogens is 1. The number of hydrogen-bond acceptors (Lipinski definition) is 7. The lowest BCUT2D eigenvalue weighted by Gasteiger charge is -2.43. The van der Waals surface area contributed by atoms with Gasteiger partial charge in [0.15, 0.2) is 0 Å². The second-order valence-corrected chi connectivity index (χ2v) is 9.79. The number of carbonyl (C=O) groups is 2. The summed E-state index contributed by atoms with van der Waals surface area (Å²) >= 11 is 6.33. The monoisotopic (exact) mass is 560 g/mol. The largest absolute Gasteiger partial charge is 0.478 e. The first-order chi connectivity index (χ1) is 19.4. The molecule has 4 rings (SSSR count). The van der Waals surface area contributed by atoms with Gasteiger partial charge in [-0.1, -0.05) is 24.6 Å². The first-order valence-corrected chi connectivity index (χ1v) is 13.8. The van der Waals surface area contributed by atoms with Crippen LogP contribution in [0.1, 0.15) is 46.5 Å². The molecule has 0 spiro atoms. The van der Waals surface area contributed by atoms with E-state index < -0.39 is 0 Å². The van der Waals surface area contributed by atoms with Gasteiger partial charge in [-0.15, -0.1) is 0 Å². The molecule has 9 nitrogen and oxygen atoms in total. The van der Waals surface area contributed by atoms with Crippen molar-refractivity contribution < 1.29 is 14.3 Å². The third kappa shape index (κ3) is 6.19. The Kier molecular flexibility index (Phi) is 9.59. The number of rotatable bonds is 9. The second kappa shape index (κ2) is 13.3. The predicted octanol–water partition coefficient (Wildman–Crippen LogP) is 4.10. The number of amides is 2. The maximum atomic E-state index is 13.4. The van der Waals surface area contributed by atoms with Crippen LogP contribution < -0.4 is 20.7 Å². The quantitative estimate of drug-likeness (QED) is 0.403. The third-order valence-corrected chi connectivity index (χ3v) is 7.23. The molecule has 1 aliphatic rings. The molecule has 2 aromatic carbocycles. The molecule has 0 unspecified atom stereocenters. The lowest BCUT2D eigenvalue weighted by molar-refractivity contribution is 0.0720. The maximum absolute atomic E-state index is 13.4. The molecule has 3 aromatic rings. The van der Waals surface area contributed by atoms with Crippen molar-refractivity contribution in [2.45, 2.75) is 26.3 Å². The van der Waals surface area contributed by atoms with Gasteiger partial charge in [0.25, 0.3) is 11.8 Å². The summed E-state index contributed by atoms with van der Waals surface area (Å²) < 4.78 is 5.73. The number of nitrogens with two attached hydrogens (primary N) is 1. The maximum Gasteiger partial charge on any atom is 0.255 e. The van der Waals surface area contributed by atoms with E-state index in [-0.39, 0.29) is 22.9 Å². The van der Waals surface area contributed by atoms with Gasteiger partial charge >= 0.3 is 0 Å². The Morgan fingerprint density at radius 3 is 2.70 bits per heavy atom. The smallest absolute Gasteiger partial charge is 0.255 e. The molecule has 1 aliphatic heterocycles. The van der Waals surface area contributed by atoms with Crippen LogP contribution in [0.2, 0.25) is 5.02 Å². The van der Waals surface area contributed by atoms with Crippen LogP contribution in [-0.4, -0.2) is 67.1 Å². The number of ether oxygens (including phenoxy) is 1. The van der Waals surface area contributed by atoms with Crippen LogP contribution in [0, 0.1) is 11.3 Å². The number of pyridine rings is 1. The highest BCUT2D eigenvalue weighted by Gasteiger charge is 2.32. The van der Waals surface area contributed by atoms with Gasteiger partial charge in [-0.2, -0.15) is 5.26 Å². The van der Waals surface area contributed by atoms with Crippen molar-refractivity contribution in [1.82, 2.24) is 15.2 Å². The highest BCUT2D eigenvalue weighted by Crippen LogP contribution is 2.34. The average molecular weight is 561 g/mol. The number of nitriles is 1. The third-order valence-electron chi connectivity index (χ3n) is 6.91. The first-order valence-electron chi connectivity index (χ1n) is 13.4. The molecular weight excluding hydrogens is 528 g/mol. The van der Waals surface area contributed by atoms with E-state index >= 15 is 0 Å². The molecule has 1 saturated heterocycles. The SMILES string of the molecule is CCOc1ncccc1-c1ccc(N2CCN(C(=O)c3ccc(C#N)cc3Cl)C[C@H]2CC)c(C(=O)NCCN)c1. The molecular formula is C30H33ClN6O3. The Morgan fingerprint density at radius 1 is 1.18 bits per heavy atom.